The molecule has 0 spiro atoms. The minimum absolute atomic E-state index is 0.0915. The number of rotatable bonds is 9. The van der Waals surface area contributed by atoms with Crippen LogP contribution in [0.15, 0.2) is 195 Å². The number of hydrogen-bond donors (Lipinski definition) is 0. The van der Waals surface area contributed by atoms with Crippen molar-refractivity contribution in [2.24, 2.45) is 0 Å². The van der Waals surface area contributed by atoms with E-state index in [1.54, 1.807) is 0 Å². The van der Waals surface area contributed by atoms with Crippen LogP contribution in [0.3, 0.4) is 0 Å². The highest BCUT2D eigenvalue weighted by Crippen LogP contribution is 2.38. The Balaban J connectivity index is 1.26. The van der Waals surface area contributed by atoms with Crippen LogP contribution in [0.5, 0.6) is 0 Å². The van der Waals surface area contributed by atoms with E-state index in [4.69, 9.17) is 4.98 Å². The van der Waals surface area contributed by atoms with E-state index in [1.807, 2.05) is 6.20 Å². The van der Waals surface area contributed by atoms with E-state index < -0.39 is 8.07 Å². The predicted octanol–water partition coefficient (Wildman–Crippen LogP) is 11.5. The van der Waals surface area contributed by atoms with Crippen molar-refractivity contribution >= 4 is 61.7 Å². The van der Waals surface area contributed by atoms with Crippen LogP contribution in [0.2, 0.25) is 0 Å². The maximum Gasteiger partial charge on any atom is 0.250 e. The van der Waals surface area contributed by atoms with Crippen LogP contribution in [-0.2, 0) is 5.54 Å². The Morgan fingerprint density at radius 2 is 1.08 bits per heavy atom. The average molecular weight is 836 g/mol. The minimum atomic E-state index is -3.01. The number of imidazole rings is 1. The zero-order valence-electron chi connectivity index (χ0n) is 37.4. The number of para-hydroxylation sites is 3. The maximum absolute atomic E-state index is 5.18. The Kier molecular flexibility index (Phi) is 10.1. The summed E-state index contributed by atoms with van der Waals surface area (Å²) >= 11 is 0. The molecule has 0 N–H and O–H groups in total. The summed E-state index contributed by atoms with van der Waals surface area (Å²) in [5.74, 6) is 1.69. The topological polar surface area (TPSA) is 26.6 Å². The van der Waals surface area contributed by atoms with Gasteiger partial charge in [-0.2, -0.15) is 4.57 Å². The highest BCUT2D eigenvalue weighted by atomic mass is 28.3. The molecular formula is C58H55N4Si+. The Hall–Kier alpha value is -6.82. The summed E-state index contributed by atoms with van der Waals surface area (Å²) in [6, 6.07) is 68.1. The monoisotopic (exact) mass is 835 g/mol. The fraction of sp³-hybridized carbons (Fsp3) is 0.172. The molecule has 7 aromatic carbocycles. The first-order valence-electron chi connectivity index (χ1n) is 22.4. The van der Waals surface area contributed by atoms with E-state index in [-0.39, 0.29) is 5.54 Å². The van der Waals surface area contributed by atoms with Crippen LogP contribution in [0.25, 0.3) is 55.5 Å². The Morgan fingerprint density at radius 3 is 1.75 bits per heavy atom. The second kappa shape index (κ2) is 15.8. The van der Waals surface area contributed by atoms with Crippen molar-refractivity contribution < 1.29 is 4.57 Å². The highest BCUT2D eigenvalue weighted by Gasteiger charge is 2.42. The normalized spacial score (nSPS) is 12.3. The number of benzene rings is 7. The van der Waals surface area contributed by atoms with Gasteiger partial charge in [-0.15, -0.1) is 0 Å². The Morgan fingerprint density at radius 1 is 0.508 bits per heavy atom. The zero-order valence-corrected chi connectivity index (χ0v) is 38.4. The van der Waals surface area contributed by atoms with Crippen LogP contribution in [0, 0.1) is 0 Å². The molecule has 3 heterocycles. The lowest BCUT2D eigenvalue weighted by atomic mass is 9.85. The summed E-state index contributed by atoms with van der Waals surface area (Å²) in [4.78, 5) is 5.18. The molecule has 3 aromatic heterocycles. The summed E-state index contributed by atoms with van der Waals surface area (Å²) < 4.78 is 7.18. The molecule has 0 radical (unpaired) electrons. The van der Waals surface area contributed by atoms with Crippen LogP contribution < -0.4 is 25.3 Å². The molecule has 5 heteroatoms. The Bertz CT molecular complexity index is 3210. The summed E-state index contributed by atoms with van der Waals surface area (Å²) in [5, 5.41) is 7.76. The molecule has 10 aromatic rings. The van der Waals surface area contributed by atoms with E-state index in [0.29, 0.717) is 11.8 Å². The van der Waals surface area contributed by atoms with Crippen LogP contribution in [-0.4, -0.2) is 22.2 Å². The third-order valence-corrected chi connectivity index (χ3v) is 17.8. The van der Waals surface area contributed by atoms with E-state index in [1.165, 1.54) is 64.8 Å². The van der Waals surface area contributed by atoms with Crippen LogP contribution in [0.4, 0.5) is 0 Å². The van der Waals surface area contributed by atoms with Gasteiger partial charge in [0, 0.05) is 17.0 Å². The Labute approximate surface area is 372 Å². The van der Waals surface area contributed by atoms with Gasteiger partial charge < -0.3 is 0 Å². The fourth-order valence-corrected chi connectivity index (χ4v) is 14.9. The van der Waals surface area contributed by atoms with Crippen LogP contribution in [0.1, 0.15) is 71.4 Å². The lowest BCUT2D eigenvalue weighted by Gasteiger charge is -2.34. The third-order valence-electron chi connectivity index (χ3n) is 13.1. The standard InChI is InChI=1S/C58H55N4Si/c1-40(2)48-27-19-28-49(41(3)4)57(48)42-34-35-59-56(36-42)62-52-29-15-14-26-50(52)51-33-32-47(38-55(51)62)63(44-21-10-8-11-22-44,45-23-12-9-13-24-45)46-25-18-20-43(37-46)60-39-61(58(5,6)7)54-31-17-16-30-53(54)60/h8-41H,1-7H3/q+1. The first-order chi connectivity index (χ1) is 30.6. The molecular weight excluding hydrogens is 781 g/mol. The lowest BCUT2D eigenvalue weighted by molar-refractivity contribution is -0.731. The maximum atomic E-state index is 5.18. The first-order valence-corrected chi connectivity index (χ1v) is 24.4. The third kappa shape index (κ3) is 6.74. The molecule has 0 saturated heterocycles. The second-order valence-electron chi connectivity index (χ2n) is 18.7. The van der Waals surface area contributed by atoms with Crippen molar-refractivity contribution in [2.75, 3.05) is 0 Å². The molecule has 10 rings (SSSR count). The van der Waals surface area contributed by atoms with Gasteiger partial charge in [0.05, 0.1) is 11.0 Å². The molecule has 0 bridgehead atoms. The van der Waals surface area contributed by atoms with Gasteiger partial charge >= 0.3 is 0 Å². The lowest BCUT2D eigenvalue weighted by Crippen LogP contribution is -2.74. The van der Waals surface area contributed by atoms with Gasteiger partial charge in [0.15, 0.2) is 19.1 Å². The minimum Gasteiger partial charge on any atom is -0.294 e. The van der Waals surface area contributed by atoms with Gasteiger partial charge in [-0.25, -0.2) is 9.55 Å². The smallest absolute Gasteiger partial charge is 0.250 e. The van der Waals surface area contributed by atoms with Gasteiger partial charge in [0.2, 0.25) is 6.33 Å². The zero-order chi connectivity index (χ0) is 43.5. The summed E-state index contributed by atoms with van der Waals surface area (Å²) in [7, 11) is -3.01. The van der Waals surface area contributed by atoms with Gasteiger partial charge in [-0.1, -0.05) is 161 Å². The van der Waals surface area contributed by atoms with Crippen molar-refractivity contribution in [1.29, 1.82) is 0 Å². The molecule has 0 unspecified atom stereocenters. The number of nitrogens with zero attached hydrogens (tertiary/aromatic N) is 4. The van der Waals surface area contributed by atoms with Gasteiger partial charge in [-0.05, 0) is 124 Å². The molecule has 63 heavy (non-hydrogen) atoms. The van der Waals surface area contributed by atoms with Gasteiger partial charge in [0.25, 0.3) is 0 Å². The van der Waals surface area contributed by atoms with Crippen molar-refractivity contribution in [3.05, 3.63) is 206 Å². The van der Waals surface area contributed by atoms with Crippen molar-refractivity contribution in [2.45, 2.75) is 65.8 Å². The highest BCUT2D eigenvalue weighted by molar-refractivity contribution is 7.20. The largest absolute Gasteiger partial charge is 0.294 e. The molecule has 0 aliphatic rings. The number of pyridine rings is 1. The molecule has 0 aliphatic heterocycles. The molecule has 0 fully saturated rings. The number of hydrogen-bond acceptors (Lipinski definition) is 1. The van der Waals surface area contributed by atoms with Crippen molar-refractivity contribution in [3.8, 4) is 22.6 Å². The van der Waals surface area contributed by atoms with E-state index in [2.05, 4.69) is 250 Å². The number of fused-ring (bicyclic) bond motifs is 4. The molecule has 0 amide bonds. The summed E-state index contributed by atoms with van der Waals surface area (Å²) in [5.41, 5.74) is 11.0. The summed E-state index contributed by atoms with van der Waals surface area (Å²) in [6.07, 6.45) is 4.29. The SMILES string of the molecule is CC(C)c1cccc(C(C)C)c1-c1ccnc(-n2c3ccccc3c3ccc([Si](c4ccccc4)(c4ccccc4)c4cccc(-n5c[n+](C(C)(C)C)c6ccccc65)c4)cc32)c1. The first kappa shape index (κ1) is 40.3. The van der Waals surface area contributed by atoms with E-state index in [9.17, 15) is 0 Å². The molecule has 0 aliphatic carbocycles. The average Bonchev–Trinajstić information content (AvgIpc) is 3.87. The van der Waals surface area contributed by atoms with Gasteiger partial charge in [-0.3, -0.25) is 4.57 Å². The van der Waals surface area contributed by atoms with Crippen LogP contribution >= 0.6 is 0 Å². The quantitative estimate of drug-likeness (QED) is 0.0808. The molecule has 0 saturated carbocycles. The van der Waals surface area contributed by atoms with E-state index in [0.717, 1.165) is 22.5 Å². The molecule has 310 valence electrons. The fourth-order valence-electron chi connectivity index (χ4n) is 10.1. The number of aromatic nitrogens is 4. The summed E-state index contributed by atoms with van der Waals surface area (Å²) in [6.45, 7) is 16.0. The van der Waals surface area contributed by atoms with Crippen molar-refractivity contribution in [1.82, 2.24) is 14.1 Å². The van der Waals surface area contributed by atoms with Gasteiger partial charge in [0.1, 0.15) is 17.0 Å². The molecule has 0 atom stereocenters. The second-order valence-corrected chi connectivity index (χ2v) is 22.5. The predicted molar refractivity (Wildman–Crippen MR) is 268 cm³/mol. The van der Waals surface area contributed by atoms with E-state index >= 15 is 0 Å². The molecule has 4 nitrogen and oxygen atoms in total. The van der Waals surface area contributed by atoms with Crippen molar-refractivity contribution in [3.63, 3.8) is 0 Å².